The molecule has 2 heterocycles. The van der Waals surface area contributed by atoms with Gasteiger partial charge in [-0.2, -0.15) is 0 Å². The Labute approximate surface area is 135 Å². The van der Waals surface area contributed by atoms with Crippen molar-refractivity contribution in [2.45, 2.75) is 18.8 Å². The standard InChI is InChI=1S/C18H21FN2O2/c1-21(10-8-17-22-11-12-23-17)18(15-3-2-9-20-13-15)14-4-6-16(19)7-5-14/h2-7,9,13,17-18H,8,10-12H2,1H3/t18-/m1/s1. The van der Waals surface area contributed by atoms with Crippen molar-refractivity contribution in [2.24, 2.45) is 0 Å². The van der Waals surface area contributed by atoms with E-state index in [0.29, 0.717) is 13.2 Å². The van der Waals surface area contributed by atoms with Gasteiger partial charge in [0.15, 0.2) is 6.29 Å². The van der Waals surface area contributed by atoms with Crippen LogP contribution in [0.2, 0.25) is 0 Å². The zero-order valence-corrected chi connectivity index (χ0v) is 13.2. The second kappa shape index (κ2) is 7.64. The number of hydrogen-bond acceptors (Lipinski definition) is 4. The van der Waals surface area contributed by atoms with Crippen LogP contribution in [0.1, 0.15) is 23.6 Å². The lowest BCUT2D eigenvalue weighted by Crippen LogP contribution is -2.29. The van der Waals surface area contributed by atoms with Crippen LogP contribution >= 0.6 is 0 Å². The summed E-state index contributed by atoms with van der Waals surface area (Å²) in [6.07, 6.45) is 4.28. The molecule has 0 saturated carbocycles. The molecule has 1 saturated heterocycles. The Morgan fingerprint density at radius 3 is 2.57 bits per heavy atom. The van der Waals surface area contributed by atoms with E-state index in [2.05, 4.69) is 16.9 Å². The number of ether oxygens (including phenoxy) is 2. The highest BCUT2D eigenvalue weighted by atomic mass is 19.1. The highest BCUT2D eigenvalue weighted by Crippen LogP contribution is 2.27. The van der Waals surface area contributed by atoms with Crippen LogP contribution < -0.4 is 0 Å². The van der Waals surface area contributed by atoms with Gasteiger partial charge in [0.05, 0.1) is 19.3 Å². The first-order valence-corrected chi connectivity index (χ1v) is 7.83. The van der Waals surface area contributed by atoms with Crippen LogP contribution in [-0.4, -0.2) is 43.0 Å². The van der Waals surface area contributed by atoms with Crippen LogP contribution in [0.4, 0.5) is 4.39 Å². The molecule has 1 aliphatic heterocycles. The maximum absolute atomic E-state index is 13.2. The van der Waals surface area contributed by atoms with E-state index < -0.39 is 0 Å². The SMILES string of the molecule is CN(CCC1OCCO1)[C@H](c1ccc(F)cc1)c1cccnc1. The van der Waals surface area contributed by atoms with E-state index in [1.807, 2.05) is 30.5 Å². The normalized spacial score (nSPS) is 16.8. The van der Waals surface area contributed by atoms with Crippen molar-refractivity contribution in [3.8, 4) is 0 Å². The first-order valence-electron chi connectivity index (χ1n) is 7.83. The summed E-state index contributed by atoms with van der Waals surface area (Å²) in [7, 11) is 2.05. The quantitative estimate of drug-likeness (QED) is 0.820. The van der Waals surface area contributed by atoms with Crippen molar-refractivity contribution >= 4 is 0 Å². The number of pyridine rings is 1. The van der Waals surface area contributed by atoms with Crippen molar-refractivity contribution in [2.75, 3.05) is 26.8 Å². The first-order chi connectivity index (χ1) is 11.2. The summed E-state index contributed by atoms with van der Waals surface area (Å²) in [6.45, 7) is 2.14. The molecular weight excluding hydrogens is 295 g/mol. The van der Waals surface area contributed by atoms with Crippen LogP contribution in [0.3, 0.4) is 0 Å². The summed E-state index contributed by atoms with van der Waals surface area (Å²) < 4.78 is 24.2. The Kier molecular flexibility index (Phi) is 5.33. The van der Waals surface area contributed by atoms with Crippen LogP contribution in [0.5, 0.6) is 0 Å². The molecule has 0 aliphatic carbocycles. The van der Waals surface area contributed by atoms with Crippen molar-refractivity contribution in [3.05, 3.63) is 65.7 Å². The van der Waals surface area contributed by atoms with Gasteiger partial charge in [0.2, 0.25) is 0 Å². The fourth-order valence-corrected chi connectivity index (χ4v) is 2.90. The van der Waals surface area contributed by atoms with Gasteiger partial charge in [0, 0.05) is 25.4 Å². The third-order valence-corrected chi connectivity index (χ3v) is 4.03. The number of hydrogen-bond donors (Lipinski definition) is 0. The van der Waals surface area contributed by atoms with Crippen molar-refractivity contribution < 1.29 is 13.9 Å². The maximum Gasteiger partial charge on any atom is 0.159 e. The van der Waals surface area contributed by atoms with Gasteiger partial charge in [0.1, 0.15) is 5.82 Å². The smallest absolute Gasteiger partial charge is 0.159 e. The largest absolute Gasteiger partial charge is 0.350 e. The van der Waals surface area contributed by atoms with Gasteiger partial charge >= 0.3 is 0 Å². The zero-order chi connectivity index (χ0) is 16.1. The fraction of sp³-hybridized carbons (Fsp3) is 0.389. The molecule has 1 aromatic heterocycles. The summed E-state index contributed by atoms with van der Waals surface area (Å²) in [5, 5.41) is 0. The minimum absolute atomic E-state index is 0.0192. The first kappa shape index (κ1) is 16.1. The molecule has 3 rings (SSSR count). The summed E-state index contributed by atoms with van der Waals surface area (Å²) >= 11 is 0. The van der Waals surface area contributed by atoms with E-state index in [1.165, 1.54) is 12.1 Å². The molecule has 5 heteroatoms. The number of benzene rings is 1. The van der Waals surface area contributed by atoms with Crippen molar-refractivity contribution in [1.82, 2.24) is 9.88 Å². The van der Waals surface area contributed by atoms with E-state index in [1.54, 1.807) is 6.20 Å². The average molecular weight is 316 g/mol. The van der Waals surface area contributed by atoms with Gasteiger partial charge in [-0.05, 0) is 36.4 Å². The lowest BCUT2D eigenvalue weighted by molar-refractivity contribution is -0.0515. The number of aromatic nitrogens is 1. The Morgan fingerprint density at radius 2 is 1.91 bits per heavy atom. The molecule has 122 valence electrons. The van der Waals surface area contributed by atoms with Gasteiger partial charge in [0.25, 0.3) is 0 Å². The van der Waals surface area contributed by atoms with Gasteiger partial charge in [-0.3, -0.25) is 9.88 Å². The predicted octanol–water partition coefficient (Wildman–Crippen LogP) is 3.00. The van der Waals surface area contributed by atoms with Crippen molar-refractivity contribution in [3.63, 3.8) is 0 Å². The lowest BCUT2D eigenvalue weighted by atomic mass is 9.98. The van der Waals surface area contributed by atoms with Gasteiger partial charge in [-0.15, -0.1) is 0 Å². The maximum atomic E-state index is 13.2. The monoisotopic (exact) mass is 316 g/mol. The molecule has 2 aromatic rings. The summed E-state index contributed by atoms with van der Waals surface area (Å²) in [6, 6.07) is 10.6. The minimum Gasteiger partial charge on any atom is -0.350 e. The zero-order valence-electron chi connectivity index (χ0n) is 13.2. The topological polar surface area (TPSA) is 34.6 Å². The van der Waals surface area contributed by atoms with Gasteiger partial charge in [-0.1, -0.05) is 18.2 Å². The number of halogens is 1. The van der Waals surface area contributed by atoms with Crippen LogP contribution in [0.15, 0.2) is 48.8 Å². The second-order valence-electron chi connectivity index (χ2n) is 5.68. The summed E-state index contributed by atoms with van der Waals surface area (Å²) in [5.74, 6) is -0.228. The minimum atomic E-state index is -0.228. The van der Waals surface area contributed by atoms with Crippen molar-refractivity contribution in [1.29, 1.82) is 0 Å². The lowest BCUT2D eigenvalue weighted by Gasteiger charge is -2.29. The van der Waals surface area contributed by atoms with E-state index in [-0.39, 0.29) is 18.1 Å². The molecule has 0 amide bonds. The van der Waals surface area contributed by atoms with E-state index in [0.717, 1.165) is 24.1 Å². The third kappa shape index (κ3) is 4.13. The molecule has 1 aliphatic rings. The Hall–Kier alpha value is -1.82. The number of nitrogens with zero attached hydrogens (tertiary/aromatic N) is 2. The molecule has 1 fully saturated rings. The predicted molar refractivity (Wildman–Crippen MR) is 85.4 cm³/mol. The Morgan fingerprint density at radius 1 is 1.17 bits per heavy atom. The molecule has 0 radical (unpaired) electrons. The Balaban J connectivity index is 1.78. The molecule has 0 N–H and O–H groups in total. The molecule has 0 unspecified atom stereocenters. The molecule has 4 nitrogen and oxygen atoms in total. The second-order valence-corrected chi connectivity index (χ2v) is 5.68. The van der Waals surface area contributed by atoms with Gasteiger partial charge in [-0.25, -0.2) is 4.39 Å². The molecule has 1 atom stereocenters. The summed E-state index contributed by atoms with van der Waals surface area (Å²) in [4.78, 5) is 6.44. The van der Waals surface area contributed by atoms with Crippen LogP contribution in [0, 0.1) is 5.82 Å². The summed E-state index contributed by atoms with van der Waals surface area (Å²) in [5.41, 5.74) is 2.12. The highest BCUT2D eigenvalue weighted by Gasteiger charge is 2.22. The molecule has 1 aromatic carbocycles. The van der Waals surface area contributed by atoms with E-state index in [9.17, 15) is 4.39 Å². The van der Waals surface area contributed by atoms with E-state index in [4.69, 9.17) is 9.47 Å². The highest BCUT2D eigenvalue weighted by molar-refractivity contribution is 5.30. The molecule has 23 heavy (non-hydrogen) atoms. The molecular formula is C18H21FN2O2. The number of rotatable bonds is 6. The van der Waals surface area contributed by atoms with Crippen LogP contribution in [0.25, 0.3) is 0 Å². The fourth-order valence-electron chi connectivity index (χ4n) is 2.90. The average Bonchev–Trinajstić information content (AvgIpc) is 3.09. The molecule has 0 spiro atoms. The Bertz CT molecular complexity index is 600. The van der Waals surface area contributed by atoms with Gasteiger partial charge < -0.3 is 9.47 Å². The van der Waals surface area contributed by atoms with E-state index >= 15 is 0 Å². The third-order valence-electron chi connectivity index (χ3n) is 4.03. The molecule has 0 bridgehead atoms. The van der Waals surface area contributed by atoms with Crippen LogP contribution in [-0.2, 0) is 9.47 Å².